The zero-order valence-electron chi connectivity index (χ0n) is 13.3. The van der Waals surface area contributed by atoms with Gasteiger partial charge in [0.25, 0.3) is 5.91 Å². The van der Waals surface area contributed by atoms with E-state index in [1.165, 1.54) is 21.1 Å². The number of carbonyl (C=O) groups is 1. The molecule has 1 amide bonds. The van der Waals surface area contributed by atoms with Gasteiger partial charge in [-0.05, 0) is 35.7 Å². The fourth-order valence-electron chi connectivity index (χ4n) is 2.89. The molecule has 1 aliphatic rings. The molecular formula is C17H20N3O2S2+. The molecule has 126 valence electrons. The first-order chi connectivity index (χ1) is 11.7. The molecule has 2 aromatic heterocycles. The molecule has 0 spiro atoms. The highest BCUT2D eigenvalue weighted by molar-refractivity contribution is 7.14. The van der Waals surface area contributed by atoms with E-state index in [-0.39, 0.29) is 12.0 Å². The Bertz CT molecular complexity index is 700. The molecule has 3 rings (SSSR count). The lowest BCUT2D eigenvalue weighted by molar-refractivity contribution is -0.908. The summed E-state index contributed by atoms with van der Waals surface area (Å²) in [5.74, 6) is -0.0569. The van der Waals surface area contributed by atoms with Gasteiger partial charge in [0.2, 0.25) is 0 Å². The zero-order chi connectivity index (χ0) is 16.8. The van der Waals surface area contributed by atoms with Gasteiger partial charge in [0.05, 0.1) is 10.4 Å². The summed E-state index contributed by atoms with van der Waals surface area (Å²) in [7, 11) is 0. The Hall–Kier alpha value is -1.72. The highest BCUT2D eigenvalue weighted by atomic mass is 32.1. The molecule has 0 saturated carbocycles. The predicted molar refractivity (Wildman–Crippen MR) is 95.4 cm³/mol. The maximum Gasteiger partial charge on any atom is 0.280 e. The van der Waals surface area contributed by atoms with Crippen molar-refractivity contribution in [2.75, 3.05) is 25.0 Å². The molecular weight excluding hydrogens is 342 g/mol. The number of hydrogen-bond donors (Lipinski definition) is 2. The Labute approximate surface area is 149 Å². The van der Waals surface area contributed by atoms with E-state index in [2.05, 4.69) is 22.8 Å². The van der Waals surface area contributed by atoms with Crippen molar-refractivity contribution in [1.82, 2.24) is 0 Å². The fraction of sp³-hybridized carbons (Fsp3) is 0.412. The van der Waals surface area contributed by atoms with Gasteiger partial charge in [-0.25, -0.2) is 0 Å². The summed E-state index contributed by atoms with van der Waals surface area (Å²) in [6, 6.07) is 7.96. The third-order valence-corrected chi connectivity index (χ3v) is 5.70. The van der Waals surface area contributed by atoms with Crippen LogP contribution in [0.25, 0.3) is 0 Å². The minimum Gasteiger partial charge on any atom is -0.372 e. The van der Waals surface area contributed by atoms with E-state index in [9.17, 15) is 4.79 Å². The monoisotopic (exact) mass is 362 g/mol. The maximum absolute atomic E-state index is 12.4. The quantitative estimate of drug-likeness (QED) is 0.790. The Morgan fingerprint density at radius 1 is 1.42 bits per heavy atom. The van der Waals surface area contributed by atoms with Gasteiger partial charge in [-0.3, -0.25) is 4.79 Å². The third kappa shape index (κ3) is 4.65. The number of nitrogens with zero attached hydrogens (tertiary/aromatic N) is 1. The van der Waals surface area contributed by atoms with Crippen LogP contribution in [0.3, 0.4) is 0 Å². The van der Waals surface area contributed by atoms with Crippen LogP contribution in [0.2, 0.25) is 0 Å². The highest BCUT2D eigenvalue weighted by Gasteiger charge is 2.24. The molecule has 24 heavy (non-hydrogen) atoms. The molecule has 1 unspecified atom stereocenters. The van der Waals surface area contributed by atoms with Crippen molar-refractivity contribution in [2.24, 2.45) is 0 Å². The molecule has 7 heteroatoms. The van der Waals surface area contributed by atoms with Crippen molar-refractivity contribution >= 4 is 33.6 Å². The van der Waals surface area contributed by atoms with Crippen molar-refractivity contribution in [3.63, 3.8) is 0 Å². The van der Waals surface area contributed by atoms with Crippen LogP contribution in [0.4, 0.5) is 5.00 Å². The average Bonchev–Trinajstić information content (AvgIpc) is 3.29. The number of nitriles is 1. The van der Waals surface area contributed by atoms with Crippen molar-refractivity contribution in [1.29, 1.82) is 5.26 Å². The first-order valence-corrected chi connectivity index (χ1v) is 9.75. The number of nitrogens with one attached hydrogen (secondary N) is 2. The summed E-state index contributed by atoms with van der Waals surface area (Å²) >= 11 is 3.09. The van der Waals surface area contributed by atoms with Crippen LogP contribution >= 0.6 is 22.7 Å². The van der Waals surface area contributed by atoms with E-state index in [0.29, 0.717) is 17.1 Å². The largest absolute Gasteiger partial charge is 0.372 e. The second-order valence-electron chi connectivity index (χ2n) is 5.85. The van der Waals surface area contributed by atoms with Gasteiger partial charge in [-0.15, -0.1) is 22.7 Å². The van der Waals surface area contributed by atoms with E-state index in [0.717, 1.165) is 32.5 Å². The van der Waals surface area contributed by atoms with Gasteiger partial charge in [-0.2, -0.15) is 5.26 Å². The average molecular weight is 363 g/mol. The SMILES string of the molecule is N#Cc1ccsc1NC(=O)C[NH+](Cc1cccs1)C[C@H]1CCCO1. The third-order valence-electron chi connectivity index (χ3n) is 3.99. The smallest absolute Gasteiger partial charge is 0.280 e. The summed E-state index contributed by atoms with van der Waals surface area (Å²) in [6.07, 6.45) is 2.41. The number of anilines is 1. The molecule has 0 aromatic carbocycles. The van der Waals surface area contributed by atoms with Crippen molar-refractivity contribution in [3.05, 3.63) is 39.4 Å². The Morgan fingerprint density at radius 3 is 3.04 bits per heavy atom. The normalized spacial score (nSPS) is 18.2. The van der Waals surface area contributed by atoms with Crippen LogP contribution in [0.5, 0.6) is 0 Å². The summed E-state index contributed by atoms with van der Waals surface area (Å²) in [5, 5.41) is 16.4. The van der Waals surface area contributed by atoms with Gasteiger partial charge < -0.3 is 15.0 Å². The molecule has 2 atom stereocenters. The molecule has 2 N–H and O–H groups in total. The number of carbonyl (C=O) groups excluding carboxylic acids is 1. The van der Waals surface area contributed by atoms with Gasteiger partial charge >= 0.3 is 0 Å². The highest BCUT2D eigenvalue weighted by Crippen LogP contribution is 2.21. The fourth-order valence-corrected chi connectivity index (χ4v) is 4.42. The van der Waals surface area contributed by atoms with Gasteiger partial charge in [0.15, 0.2) is 6.54 Å². The maximum atomic E-state index is 12.4. The zero-order valence-corrected chi connectivity index (χ0v) is 14.9. The summed E-state index contributed by atoms with van der Waals surface area (Å²) in [5.41, 5.74) is 0.521. The number of quaternary nitrogens is 1. The van der Waals surface area contributed by atoms with Crippen molar-refractivity contribution in [2.45, 2.75) is 25.5 Å². The molecule has 3 heterocycles. The standard InChI is InChI=1S/C17H19N3O2S2/c18-9-13-5-8-24-17(13)19-16(21)12-20(10-14-3-1-6-22-14)11-15-4-2-7-23-15/h2,4-5,7-8,14H,1,3,6,10-12H2,(H,19,21)/p+1/t14-/m1/s1. The van der Waals surface area contributed by atoms with Gasteiger partial charge in [-0.1, -0.05) is 6.07 Å². The van der Waals surface area contributed by atoms with Crippen LogP contribution in [-0.4, -0.2) is 31.7 Å². The second kappa shape index (κ2) is 8.40. The Kier molecular flexibility index (Phi) is 5.99. The Morgan fingerprint density at radius 2 is 2.33 bits per heavy atom. The van der Waals surface area contributed by atoms with Crippen LogP contribution in [0, 0.1) is 11.3 Å². The first kappa shape index (κ1) is 17.1. The molecule has 1 aliphatic heterocycles. The molecule has 1 fully saturated rings. The summed E-state index contributed by atoms with van der Waals surface area (Å²) in [4.78, 5) is 14.9. The van der Waals surface area contributed by atoms with Crippen LogP contribution in [-0.2, 0) is 16.1 Å². The number of thiophene rings is 2. The number of ether oxygens (including phenoxy) is 1. The predicted octanol–water partition coefficient (Wildman–Crippen LogP) is 1.88. The van der Waals surface area contributed by atoms with E-state index in [1.807, 2.05) is 11.4 Å². The lowest BCUT2D eigenvalue weighted by Crippen LogP contribution is -3.12. The van der Waals surface area contributed by atoms with Gasteiger partial charge in [0.1, 0.15) is 30.3 Å². The van der Waals surface area contributed by atoms with Gasteiger partial charge in [0, 0.05) is 6.61 Å². The molecule has 0 bridgehead atoms. The minimum absolute atomic E-state index is 0.0569. The van der Waals surface area contributed by atoms with Crippen molar-refractivity contribution < 1.29 is 14.4 Å². The minimum atomic E-state index is -0.0569. The molecule has 0 aliphatic carbocycles. The summed E-state index contributed by atoms with van der Waals surface area (Å²) < 4.78 is 5.74. The van der Waals surface area contributed by atoms with E-state index >= 15 is 0 Å². The van der Waals surface area contributed by atoms with Crippen LogP contribution in [0.15, 0.2) is 29.0 Å². The molecule has 2 aromatic rings. The first-order valence-electron chi connectivity index (χ1n) is 7.99. The molecule has 5 nitrogen and oxygen atoms in total. The van der Waals surface area contributed by atoms with Crippen LogP contribution in [0.1, 0.15) is 23.3 Å². The van der Waals surface area contributed by atoms with E-state index in [4.69, 9.17) is 10.00 Å². The topological polar surface area (TPSA) is 66.6 Å². The molecule has 0 radical (unpaired) electrons. The number of amides is 1. The van der Waals surface area contributed by atoms with E-state index < -0.39 is 0 Å². The second-order valence-corrected chi connectivity index (χ2v) is 7.79. The molecule has 1 saturated heterocycles. The lowest BCUT2D eigenvalue weighted by atomic mass is 10.2. The summed E-state index contributed by atoms with van der Waals surface area (Å²) in [6.45, 7) is 2.85. The number of hydrogen-bond acceptors (Lipinski definition) is 5. The van der Waals surface area contributed by atoms with E-state index in [1.54, 1.807) is 17.4 Å². The lowest BCUT2D eigenvalue weighted by Gasteiger charge is -2.21. The Balaban J connectivity index is 1.61. The van der Waals surface area contributed by atoms with Crippen molar-refractivity contribution in [3.8, 4) is 6.07 Å². The number of rotatable bonds is 7. The van der Waals surface area contributed by atoms with Crippen LogP contribution < -0.4 is 10.2 Å².